The van der Waals surface area contributed by atoms with Gasteiger partial charge >= 0.3 is 5.97 Å². The van der Waals surface area contributed by atoms with Gasteiger partial charge in [0.05, 0.1) is 28.3 Å². The first-order chi connectivity index (χ1) is 23.0. The summed E-state index contributed by atoms with van der Waals surface area (Å²) in [6.45, 7) is 3.51. The summed E-state index contributed by atoms with van der Waals surface area (Å²) < 4.78 is 23.7. The van der Waals surface area contributed by atoms with Gasteiger partial charge in [0.25, 0.3) is 5.91 Å². The van der Waals surface area contributed by atoms with Crippen LogP contribution in [0.4, 0.5) is 10.1 Å². The van der Waals surface area contributed by atoms with Crippen molar-refractivity contribution in [2.75, 3.05) is 31.5 Å². The number of Topliss-reactive ketones (excluding diaryl/α,β-unsaturated/α-hetero) is 1. The monoisotopic (exact) mass is 698 g/mol. The third-order valence-electron chi connectivity index (χ3n) is 9.74. The Labute approximate surface area is 287 Å². The molecule has 13 heteroatoms. The summed E-state index contributed by atoms with van der Waals surface area (Å²) in [6, 6.07) is 9.86. The van der Waals surface area contributed by atoms with Gasteiger partial charge in [-0.15, -0.1) is 11.3 Å². The van der Waals surface area contributed by atoms with Gasteiger partial charge in [-0.25, -0.2) is 4.39 Å². The number of halogens is 2. The van der Waals surface area contributed by atoms with Gasteiger partial charge in [-0.2, -0.15) is 0 Å². The van der Waals surface area contributed by atoms with Crippen LogP contribution >= 0.6 is 22.9 Å². The van der Waals surface area contributed by atoms with E-state index in [0.29, 0.717) is 63.8 Å². The van der Waals surface area contributed by atoms with E-state index < -0.39 is 29.5 Å². The number of rotatable bonds is 11. The number of amides is 2. The number of ether oxygens (including phenoxy) is 1. The fourth-order valence-corrected chi connectivity index (χ4v) is 8.51. The first kappa shape index (κ1) is 34.4. The van der Waals surface area contributed by atoms with Crippen molar-refractivity contribution < 1.29 is 33.4 Å². The van der Waals surface area contributed by atoms with Crippen molar-refractivity contribution in [2.24, 2.45) is 5.92 Å². The zero-order chi connectivity index (χ0) is 34.0. The number of ketones is 1. The number of carbonyl (C=O) groups is 4. The number of nitrogens with zero attached hydrogens (tertiary/aromatic N) is 2. The van der Waals surface area contributed by atoms with Gasteiger partial charge < -0.3 is 20.5 Å². The second-order valence-electron chi connectivity index (χ2n) is 13.0. The molecule has 2 aliphatic heterocycles. The zero-order valence-corrected chi connectivity index (χ0v) is 28.4. The van der Waals surface area contributed by atoms with Crippen molar-refractivity contribution in [1.29, 1.82) is 0 Å². The van der Waals surface area contributed by atoms with E-state index in [-0.39, 0.29) is 46.5 Å². The summed E-state index contributed by atoms with van der Waals surface area (Å²) in [4.78, 5) is 55.4. The van der Waals surface area contributed by atoms with Gasteiger partial charge in [-0.3, -0.25) is 29.0 Å². The molecular formula is C35H40ClFN4O6S. The van der Waals surface area contributed by atoms with E-state index in [1.807, 2.05) is 34.1 Å². The van der Waals surface area contributed by atoms with E-state index in [2.05, 4.69) is 10.6 Å². The lowest BCUT2D eigenvalue weighted by Crippen LogP contribution is -2.67. The minimum atomic E-state index is -1.53. The van der Waals surface area contributed by atoms with E-state index in [0.717, 1.165) is 29.0 Å². The Balaban J connectivity index is 1.28. The number of fused-ring (bicyclic) bond motifs is 1. The molecule has 2 saturated heterocycles. The van der Waals surface area contributed by atoms with Gasteiger partial charge in [0.1, 0.15) is 5.82 Å². The first-order valence-electron chi connectivity index (χ1n) is 16.5. The van der Waals surface area contributed by atoms with Crippen molar-refractivity contribution in [3.63, 3.8) is 0 Å². The van der Waals surface area contributed by atoms with Crippen molar-refractivity contribution in [1.82, 2.24) is 15.1 Å². The number of likely N-dealkylation sites (tertiary alicyclic amines) is 2. The summed E-state index contributed by atoms with van der Waals surface area (Å²) in [6.07, 6.45) is 3.50. The van der Waals surface area contributed by atoms with Crippen molar-refractivity contribution >= 4 is 62.3 Å². The van der Waals surface area contributed by atoms with Crippen LogP contribution in [0.1, 0.15) is 67.8 Å². The molecule has 2 aromatic carbocycles. The molecule has 0 spiro atoms. The average molecular weight is 699 g/mol. The van der Waals surface area contributed by atoms with Gasteiger partial charge in [-0.1, -0.05) is 29.8 Å². The largest absolute Gasteiger partial charge is 0.481 e. The minimum Gasteiger partial charge on any atom is -0.481 e. The minimum absolute atomic E-state index is 0.0725. The molecule has 3 heterocycles. The summed E-state index contributed by atoms with van der Waals surface area (Å²) in [5.74, 6) is -4.44. The molecule has 6 rings (SSSR count). The standard InChI is InChI=1S/C35H40ClFN4O6S/c1-21(42)38-24-12-15-41(19-24)35(40-13-4-5-14-40,47-25-10-8-22(9-11-25)34(45)46)32(43)17-23-16-28(36)30(18-29(23)37)39-33(44)27-20-48-31-7-3-2-6-26(27)31/h2-3,6-7,16,18,20,22,24-25H,4-5,8-15,17,19H2,1H3,(H,38,42)(H,39,44)(H,45,46)/t22?,24-,25?,35?/m0/s1. The molecule has 10 nitrogen and oxygen atoms in total. The Kier molecular flexibility index (Phi) is 10.5. The number of nitrogens with one attached hydrogen (secondary N) is 2. The quantitative estimate of drug-likeness (QED) is 0.234. The predicted molar refractivity (Wildman–Crippen MR) is 182 cm³/mol. The zero-order valence-electron chi connectivity index (χ0n) is 26.8. The van der Waals surface area contributed by atoms with Gasteiger partial charge in [0.15, 0.2) is 5.78 Å². The predicted octanol–water partition coefficient (Wildman–Crippen LogP) is 5.68. The molecule has 2 amide bonds. The second-order valence-corrected chi connectivity index (χ2v) is 14.3. The average Bonchev–Trinajstić information content (AvgIpc) is 3.84. The van der Waals surface area contributed by atoms with Crippen LogP contribution in [-0.2, 0) is 25.5 Å². The van der Waals surface area contributed by atoms with Crippen LogP contribution in [0.25, 0.3) is 10.1 Å². The van der Waals surface area contributed by atoms with Gasteiger partial charge in [-0.05, 0) is 68.7 Å². The number of benzene rings is 2. The molecule has 0 bridgehead atoms. The van der Waals surface area contributed by atoms with E-state index in [1.54, 1.807) is 5.38 Å². The highest BCUT2D eigenvalue weighted by molar-refractivity contribution is 7.17. The maximum Gasteiger partial charge on any atom is 0.306 e. The van der Waals surface area contributed by atoms with Gasteiger partial charge in [0, 0.05) is 61.0 Å². The molecule has 0 radical (unpaired) electrons. The molecule has 1 aliphatic carbocycles. The molecule has 1 aromatic heterocycles. The maximum absolute atomic E-state index is 15.8. The van der Waals surface area contributed by atoms with E-state index in [4.69, 9.17) is 16.3 Å². The number of carboxylic acid groups (broad SMARTS) is 1. The number of hydrogen-bond donors (Lipinski definition) is 3. The van der Waals surface area contributed by atoms with Crippen LogP contribution in [0.2, 0.25) is 5.02 Å². The van der Waals surface area contributed by atoms with E-state index in [9.17, 15) is 24.3 Å². The Morgan fingerprint density at radius 3 is 2.48 bits per heavy atom. The number of aliphatic carboxylic acids is 1. The highest BCUT2D eigenvalue weighted by atomic mass is 35.5. The highest BCUT2D eigenvalue weighted by Gasteiger charge is 2.54. The summed E-state index contributed by atoms with van der Waals surface area (Å²) in [7, 11) is 0. The number of hydrogen-bond acceptors (Lipinski definition) is 8. The number of carboxylic acids is 1. The SMILES string of the molecule is CC(=O)N[C@H]1CCN(C(OC2CCC(C(=O)O)CC2)(C(=O)Cc2cc(Cl)c(NC(=O)c3csc4ccccc34)cc2F)N2CCCC2)C1. The van der Waals surface area contributed by atoms with Crippen LogP contribution in [0.5, 0.6) is 0 Å². The fraction of sp³-hybridized carbons (Fsp3) is 0.486. The van der Waals surface area contributed by atoms with Crippen molar-refractivity contribution in [2.45, 2.75) is 76.3 Å². The highest BCUT2D eigenvalue weighted by Crippen LogP contribution is 2.38. The lowest BCUT2D eigenvalue weighted by atomic mass is 9.87. The molecular weight excluding hydrogens is 659 g/mol. The Bertz CT molecular complexity index is 1710. The first-order valence-corrected chi connectivity index (χ1v) is 17.8. The van der Waals surface area contributed by atoms with Crippen LogP contribution in [0, 0.1) is 11.7 Å². The molecule has 3 fully saturated rings. The molecule has 1 saturated carbocycles. The summed E-state index contributed by atoms with van der Waals surface area (Å²) in [5, 5.41) is 17.9. The second kappa shape index (κ2) is 14.6. The lowest BCUT2D eigenvalue weighted by Gasteiger charge is -2.48. The number of carbonyl (C=O) groups excluding carboxylic acids is 3. The van der Waals surface area contributed by atoms with Crippen molar-refractivity contribution in [3.8, 4) is 0 Å². The molecule has 1 unspecified atom stereocenters. The molecule has 3 N–H and O–H groups in total. The molecule has 3 aliphatic rings. The van der Waals surface area contributed by atoms with E-state index in [1.165, 1.54) is 24.3 Å². The van der Waals surface area contributed by atoms with Gasteiger partial charge in [0.2, 0.25) is 11.8 Å². The third kappa shape index (κ3) is 7.13. The van der Waals surface area contributed by atoms with Crippen molar-refractivity contribution in [3.05, 3.63) is 63.7 Å². The fourth-order valence-electron chi connectivity index (χ4n) is 7.34. The number of anilines is 1. The summed E-state index contributed by atoms with van der Waals surface area (Å²) in [5.41, 5.74) is 0.628. The topological polar surface area (TPSA) is 128 Å². The Hall–Kier alpha value is -3.42. The maximum atomic E-state index is 15.8. The third-order valence-corrected chi connectivity index (χ3v) is 11.0. The Morgan fingerprint density at radius 1 is 1.04 bits per heavy atom. The van der Waals surface area contributed by atoms with Crippen LogP contribution in [0.3, 0.4) is 0 Å². The molecule has 3 aromatic rings. The lowest BCUT2D eigenvalue weighted by molar-refractivity contribution is -0.252. The van der Waals surface area contributed by atoms with Crippen LogP contribution in [0.15, 0.2) is 41.8 Å². The van der Waals surface area contributed by atoms with E-state index >= 15 is 4.39 Å². The van der Waals surface area contributed by atoms with Crippen LogP contribution in [-0.4, -0.2) is 82.6 Å². The van der Waals surface area contributed by atoms with Crippen LogP contribution < -0.4 is 10.6 Å². The summed E-state index contributed by atoms with van der Waals surface area (Å²) >= 11 is 8.05. The smallest absolute Gasteiger partial charge is 0.306 e. The Morgan fingerprint density at radius 2 is 1.77 bits per heavy atom. The number of thiophene rings is 1. The normalized spacial score (nSPS) is 23.2. The molecule has 256 valence electrons. The molecule has 2 atom stereocenters. The molecule has 48 heavy (non-hydrogen) atoms.